The maximum atomic E-state index is 13.3. The van der Waals surface area contributed by atoms with Crippen molar-refractivity contribution in [1.29, 1.82) is 0 Å². The maximum Gasteiger partial charge on any atom is 0.323 e. The number of hydrogen-bond donors (Lipinski definition) is 1. The van der Waals surface area contributed by atoms with Crippen LogP contribution < -0.4 is 5.73 Å². The summed E-state index contributed by atoms with van der Waals surface area (Å²) in [6.45, 7) is 2.38. The molecule has 0 radical (unpaired) electrons. The molecular weight excluding hydrogens is 221 g/mol. The van der Waals surface area contributed by atoms with Crippen LogP contribution in [0.3, 0.4) is 0 Å². The molecular formula is C13H18FNO2. The predicted octanol–water partition coefficient (Wildman–Crippen LogP) is 2.04. The molecule has 0 saturated heterocycles. The minimum atomic E-state index is -0.802. The highest BCUT2D eigenvalue weighted by atomic mass is 19.1. The molecule has 0 bridgehead atoms. The number of benzene rings is 1. The lowest BCUT2D eigenvalue weighted by atomic mass is 10.1. The standard InChI is InChI=1S/C13H18FNO2/c1-2-3-8-17-13(16)12(15)9-10-6-4-5-7-11(10)14/h4-7,12H,2-3,8-9,15H2,1H3/t12-/m0/s1. The Morgan fingerprint density at radius 3 is 2.82 bits per heavy atom. The van der Waals surface area contributed by atoms with Gasteiger partial charge < -0.3 is 10.5 Å². The van der Waals surface area contributed by atoms with Crippen molar-refractivity contribution in [2.75, 3.05) is 6.61 Å². The maximum absolute atomic E-state index is 13.3. The molecule has 1 atom stereocenters. The van der Waals surface area contributed by atoms with Gasteiger partial charge in [-0.2, -0.15) is 0 Å². The molecule has 1 aromatic carbocycles. The molecule has 0 fully saturated rings. The van der Waals surface area contributed by atoms with E-state index in [0.29, 0.717) is 12.2 Å². The molecule has 0 aliphatic heterocycles. The number of unbranched alkanes of at least 4 members (excludes halogenated alkanes) is 1. The van der Waals surface area contributed by atoms with Crippen molar-refractivity contribution in [2.45, 2.75) is 32.2 Å². The summed E-state index contributed by atoms with van der Waals surface area (Å²) in [5.74, 6) is -0.814. The quantitative estimate of drug-likeness (QED) is 0.610. The molecule has 94 valence electrons. The van der Waals surface area contributed by atoms with Crippen molar-refractivity contribution in [3.8, 4) is 0 Å². The van der Waals surface area contributed by atoms with Gasteiger partial charge in [0.05, 0.1) is 6.61 Å². The zero-order valence-corrected chi connectivity index (χ0v) is 9.99. The van der Waals surface area contributed by atoms with Gasteiger partial charge in [0.15, 0.2) is 0 Å². The van der Waals surface area contributed by atoms with Gasteiger partial charge in [0, 0.05) is 6.42 Å². The van der Waals surface area contributed by atoms with Crippen LogP contribution in [0.2, 0.25) is 0 Å². The Morgan fingerprint density at radius 1 is 1.47 bits per heavy atom. The molecule has 0 aromatic heterocycles. The average molecular weight is 239 g/mol. The molecule has 0 aliphatic rings. The summed E-state index contributed by atoms with van der Waals surface area (Å²) in [5.41, 5.74) is 6.10. The van der Waals surface area contributed by atoms with Crippen LogP contribution in [0.1, 0.15) is 25.3 Å². The first-order valence-electron chi connectivity index (χ1n) is 5.80. The van der Waals surface area contributed by atoms with Crippen LogP contribution in [0.15, 0.2) is 24.3 Å². The van der Waals surface area contributed by atoms with Crippen molar-refractivity contribution in [3.63, 3.8) is 0 Å². The van der Waals surface area contributed by atoms with Crippen molar-refractivity contribution < 1.29 is 13.9 Å². The van der Waals surface area contributed by atoms with Crippen LogP contribution in [-0.2, 0) is 16.0 Å². The Labute approximate surface area is 101 Å². The van der Waals surface area contributed by atoms with Gasteiger partial charge in [-0.25, -0.2) is 4.39 Å². The third-order valence-electron chi connectivity index (χ3n) is 2.44. The number of carbonyl (C=O) groups is 1. The van der Waals surface area contributed by atoms with Gasteiger partial charge in [-0.1, -0.05) is 31.5 Å². The van der Waals surface area contributed by atoms with Gasteiger partial charge >= 0.3 is 5.97 Å². The van der Waals surface area contributed by atoms with Gasteiger partial charge in [-0.3, -0.25) is 4.79 Å². The number of nitrogens with two attached hydrogens (primary N) is 1. The van der Waals surface area contributed by atoms with E-state index in [4.69, 9.17) is 10.5 Å². The molecule has 0 saturated carbocycles. The van der Waals surface area contributed by atoms with Gasteiger partial charge in [0.1, 0.15) is 11.9 Å². The normalized spacial score (nSPS) is 12.2. The first-order chi connectivity index (χ1) is 8.15. The van der Waals surface area contributed by atoms with Crippen LogP contribution >= 0.6 is 0 Å². The lowest BCUT2D eigenvalue weighted by Crippen LogP contribution is -2.34. The number of carbonyl (C=O) groups excluding carboxylic acids is 1. The van der Waals surface area contributed by atoms with E-state index in [-0.39, 0.29) is 12.2 Å². The summed E-state index contributed by atoms with van der Waals surface area (Å²) in [6, 6.07) is 5.49. The van der Waals surface area contributed by atoms with Gasteiger partial charge in [-0.05, 0) is 18.1 Å². The number of ether oxygens (including phenoxy) is 1. The van der Waals surface area contributed by atoms with Crippen LogP contribution in [0.25, 0.3) is 0 Å². The summed E-state index contributed by atoms with van der Waals surface area (Å²) >= 11 is 0. The number of rotatable bonds is 6. The Kier molecular flexibility index (Phi) is 5.63. The van der Waals surface area contributed by atoms with Gasteiger partial charge in [0.2, 0.25) is 0 Å². The summed E-state index contributed by atoms with van der Waals surface area (Å²) in [6.07, 6.45) is 1.94. The summed E-state index contributed by atoms with van der Waals surface area (Å²) in [5, 5.41) is 0. The Hall–Kier alpha value is -1.42. The molecule has 1 rings (SSSR count). The fourth-order valence-electron chi connectivity index (χ4n) is 1.41. The third kappa shape index (κ3) is 4.53. The van der Waals surface area contributed by atoms with Gasteiger partial charge in [0.25, 0.3) is 0 Å². The first-order valence-corrected chi connectivity index (χ1v) is 5.80. The molecule has 0 unspecified atom stereocenters. The smallest absolute Gasteiger partial charge is 0.323 e. The molecule has 0 aliphatic carbocycles. The SMILES string of the molecule is CCCCOC(=O)[C@@H](N)Cc1ccccc1F. The fourth-order valence-corrected chi connectivity index (χ4v) is 1.41. The van der Waals surface area contributed by atoms with E-state index in [1.54, 1.807) is 18.2 Å². The van der Waals surface area contributed by atoms with E-state index >= 15 is 0 Å². The summed E-state index contributed by atoms with van der Waals surface area (Å²) in [4.78, 5) is 11.5. The Bertz CT molecular complexity index is 368. The number of halogens is 1. The molecule has 1 aromatic rings. The zero-order chi connectivity index (χ0) is 12.7. The molecule has 0 heterocycles. The largest absolute Gasteiger partial charge is 0.465 e. The van der Waals surface area contributed by atoms with Crippen LogP contribution in [-0.4, -0.2) is 18.6 Å². The number of hydrogen-bond acceptors (Lipinski definition) is 3. The second-order valence-corrected chi connectivity index (χ2v) is 3.92. The van der Waals surface area contributed by atoms with E-state index in [1.165, 1.54) is 6.07 Å². The van der Waals surface area contributed by atoms with E-state index in [1.807, 2.05) is 6.92 Å². The second-order valence-electron chi connectivity index (χ2n) is 3.92. The van der Waals surface area contributed by atoms with Crippen molar-refractivity contribution in [2.24, 2.45) is 5.73 Å². The predicted molar refractivity (Wildman–Crippen MR) is 63.9 cm³/mol. The van der Waals surface area contributed by atoms with E-state index in [0.717, 1.165) is 12.8 Å². The topological polar surface area (TPSA) is 52.3 Å². The van der Waals surface area contributed by atoms with Crippen LogP contribution in [0.5, 0.6) is 0 Å². The lowest BCUT2D eigenvalue weighted by molar-refractivity contribution is -0.145. The Balaban J connectivity index is 2.46. The third-order valence-corrected chi connectivity index (χ3v) is 2.44. The molecule has 0 amide bonds. The fraction of sp³-hybridized carbons (Fsp3) is 0.462. The monoisotopic (exact) mass is 239 g/mol. The summed E-state index contributed by atoms with van der Waals surface area (Å²) < 4.78 is 18.3. The highest BCUT2D eigenvalue weighted by molar-refractivity contribution is 5.75. The molecule has 17 heavy (non-hydrogen) atoms. The van der Waals surface area contributed by atoms with E-state index in [9.17, 15) is 9.18 Å². The van der Waals surface area contributed by atoms with E-state index < -0.39 is 12.0 Å². The van der Waals surface area contributed by atoms with Crippen molar-refractivity contribution in [1.82, 2.24) is 0 Å². The highest BCUT2D eigenvalue weighted by Crippen LogP contribution is 2.09. The minimum absolute atomic E-state index is 0.164. The zero-order valence-electron chi connectivity index (χ0n) is 9.99. The Morgan fingerprint density at radius 2 is 2.18 bits per heavy atom. The van der Waals surface area contributed by atoms with Crippen LogP contribution in [0.4, 0.5) is 4.39 Å². The van der Waals surface area contributed by atoms with Gasteiger partial charge in [-0.15, -0.1) is 0 Å². The minimum Gasteiger partial charge on any atom is -0.465 e. The van der Waals surface area contributed by atoms with Crippen molar-refractivity contribution >= 4 is 5.97 Å². The summed E-state index contributed by atoms with van der Waals surface area (Å²) in [7, 11) is 0. The molecule has 0 spiro atoms. The second kappa shape index (κ2) is 7.01. The molecule has 4 heteroatoms. The number of esters is 1. The lowest BCUT2D eigenvalue weighted by Gasteiger charge is -2.11. The average Bonchev–Trinajstić information content (AvgIpc) is 2.32. The van der Waals surface area contributed by atoms with Crippen LogP contribution in [0, 0.1) is 5.82 Å². The molecule has 3 nitrogen and oxygen atoms in total. The van der Waals surface area contributed by atoms with E-state index in [2.05, 4.69) is 0 Å². The highest BCUT2D eigenvalue weighted by Gasteiger charge is 2.16. The molecule has 2 N–H and O–H groups in total. The van der Waals surface area contributed by atoms with Crippen molar-refractivity contribution in [3.05, 3.63) is 35.6 Å². The first kappa shape index (κ1) is 13.6.